The third kappa shape index (κ3) is 4.17. The van der Waals surface area contributed by atoms with Crippen LogP contribution in [0.4, 0.5) is 5.69 Å². The number of hydrogen-bond donors (Lipinski definition) is 4. The Morgan fingerprint density at radius 1 is 1.19 bits per heavy atom. The summed E-state index contributed by atoms with van der Waals surface area (Å²) in [7, 11) is 0. The van der Waals surface area contributed by atoms with E-state index in [2.05, 4.69) is 9.97 Å². The first-order chi connectivity index (χ1) is 17.2. The number of rotatable bonds is 8. The van der Waals surface area contributed by atoms with E-state index in [1.165, 1.54) is 18.7 Å². The van der Waals surface area contributed by atoms with Crippen molar-refractivity contribution in [3.63, 3.8) is 0 Å². The number of nitrogens with zero attached hydrogens (tertiary/aromatic N) is 2. The number of H-pyrrole nitrogens is 2. The van der Waals surface area contributed by atoms with Crippen molar-refractivity contribution < 1.29 is 33.6 Å². The van der Waals surface area contributed by atoms with Gasteiger partial charge in [0.1, 0.15) is 12.1 Å². The van der Waals surface area contributed by atoms with Crippen molar-refractivity contribution >= 4 is 63.5 Å². The fourth-order valence-electron chi connectivity index (χ4n) is 4.21. The number of aromatic amines is 2. The van der Waals surface area contributed by atoms with E-state index < -0.39 is 11.9 Å². The lowest BCUT2D eigenvalue weighted by Gasteiger charge is -2.18. The molecule has 1 aliphatic heterocycles. The summed E-state index contributed by atoms with van der Waals surface area (Å²) in [6, 6.07) is 7.10. The van der Waals surface area contributed by atoms with Gasteiger partial charge in [0, 0.05) is 28.8 Å². The van der Waals surface area contributed by atoms with Crippen LogP contribution in [-0.2, 0) is 16.1 Å². The minimum atomic E-state index is -1.01. The first-order valence-corrected chi connectivity index (χ1v) is 12.0. The number of benzene rings is 1. The maximum absolute atomic E-state index is 11.9. The molecule has 0 saturated heterocycles. The number of aliphatic carboxylic acids is 2. The predicted molar refractivity (Wildman–Crippen MR) is 134 cm³/mol. The van der Waals surface area contributed by atoms with Gasteiger partial charge in [-0.25, -0.2) is 9.78 Å². The van der Waals surface area contributed by atoms with Crippen LogP contribution in [0.15, 0.2) is 56.5 Å². The molecule has 0 amide bonds. The van der Waals surface area contributed by atoms with Gasteiger partial charge in [-0.3, -0.25) is 9.59 Å². The van der Waals surface area contributed by atoms with Gasteiger partial charge in [-0.05, 0) is 37.1 Å². The lowest BCUT2D eigenvalue weighted by molar-refractivity contribution is -0.668. The summed E-state index contributed by atoms with van der Waals surface area (Å²) in [6.07, 6.45) is 5.99. The van der Waals surface area contributed by atoms with Crippen molar-refractivity contribution in [2.24, 2.45) is 0 Å². The molecule has 36 heavy (non-hydrogen) atoms. The lowest BCUT2D eigenvalue weighted by atomic mass is 10.1. The molecule has 0 aliphatic carbocycles. The molecule has 0 saturated carbocycles. The zero-order valence-electron chi connectivity index (χ0n) is 19.5. The van der Waals surface area contributed by atoms with Crippen LogP contribution in [0.3, 0.4) is 0 Å². The van der Waals surface area contributed by atoms with Crippen molar-refractivity contribution in [2.45, 2.75) is 31.7 Å². The zero-order chi connectivity index (χ0) is 25.6. The number of carbonyl (C=O) groups excluding carboxylic acids is 1. The van der Waals surface area contributed by atoms with E-state index in [-0.39, 0.29) is 18.9 Å². The Balaban J connectivity index is 1.59. The number of fused-ring (bicyclic) bond motifs is 4. The average Bonchev–Trinajstić information content (AvgIpc) is 3.55. The van der Waals surface area contributed by atoms with E-state index in [9.17, 15) is 24.6 Å². The monoisotopic (exact) mass is 507 g/mol. The third-order valence-electron chi connectivity index (χ3n) is 5.93. The van der Waals surface area contributed by atoms with Gasteiger partial charge in [0.25, 0.3) is 5.89 Å². The van der Waals surface area contributed by atoms with E-state index >= 15 is 0 Å². The van der Waals surface area contributed by atoms with Gasteiger partial charge in [-0.1, -0.05) is 24.8 Å². The van der Waals surface area contributed by atoms with E-state index in [0.29, 0.717) is 39.8 Å². The maximum Gasteiger partial charge on any atom is 0.346 e. The van der Waals surface area contributed by atoms with Crippen LogP contribution >= 0.6 is 11.8 Å². The molecule has 4 aromatic rings. The molecule has 10 nitrogen and oxygen atoms in total. The maximum atomic E-state index is 11.9. The number of ketones is 1. The summed E-state index contributed by atoms with van der Waals surface area (Å²) in [5, 5.41) is 19.7. The predicted octanol–water partition coefficient (Wildman–Crippen LogP) is 4.15. The standard InChI is InChI=1S/C25H22N4O6S/c1-3-14(8-19-29(12-22(33)34)25-24(35-19)23-16(27-25)6-7-26-23)9-20-28(11-21(31)32)17-10-15(13(2)30)4-5-18(17)36-20/h4-10,26-27H,3,11-12H2,1-2H3,(H-,31,32,33,34)/p+1. The first-order valence-electron chi connectivity index (χ1n) is 11.2. The zero-order valence-corrected chi connectivity index (χ0v) is 20.3. The van der Waals surface area contributed by atoms with Crippen molar-refractivity contribution in [2.75, 3.05) is 11.4 Å². The van der Waals surface area contributed by atoms with Crippen LogP contribution in [-0.4, -0.2) is 44.4 Å². The van der Waals surface area contributed by atoms with E-state index in [1.807, 2.05) is 25.1 Å². The number of carboxylic acid groups (broad SMARTS) is 2. The number of thioether (sulfide) groups is 1. The largest absolute Gasteiger partial charge is 0.480 e. The van der Waals surface area contributed by atoms with Gasteiger partial charge in [0.2, 0.25) is 5.58 Å². The molecule has 0 atom stereocenters. The van der Waals surface area contributed by atoms with Gasteiger partial charge in [0.05, 0.1) is 10.7 Å². The normalized spacial score (nSPS) is 14.8. The minimum Gasteiger partial charge on any atom is -0.480 e. The molecule has 0 spiro atoms. The quantitative estimate of drug-likeness (QED) is 0.206. The fourth-order valence-corrected chi connectivity index (χ4v) is 5.33. The molecule has 4 heterocycles. The molecule has 1 aromatic carbocycles. The fraction of sp³-hybridized carbons (Fsp3) is 0.200. The third-order valence-corrected chi connectivity index (χ3v) is 7.05. The van der Waals surface area contributed by atoms with Crippen LogP contribution in [0.5, 0.6) is 0 Å². The summed E-state index contributed by atoms with van der Waals surface area (Å²) in [4.78, 5) is 43.9. The van der Waals surface area contributed by atoms with Gasteiger partial charge >= 0.3 is 17.6 Å². The molecule has 3 aromatic heterocycles. The van der Waals surface area contributed by atoms with Crippen LogP contribution in [0.1, 0.15) is 36.5 Å². The van der Waals surface area contributed by atoms with Gasteiger partial charge < -0.3 is 24.5 Å². The number of anilines is 1. The molecule has 0 radical (unpaired) electrons. The Labute approximate surface area is 208 Å². The second kappa shape index (κ2) is 9.08. The highest BCUT2D eigenvalue weighted by Crippen LogP contribution is 2.46. The number of nitrogens with one attached hydrogen (secondary N) is 2. The number of allylic oxidation sites excluding steroid dienone is 2. The SMILES string of the molecule is CCC(=Cc1oc2c3[nH]ccc3[nH]c2[n+]1CC(=O)O)C=C1Sc2ccc(C(C)=O)cc2N1CC(=O)O. The molecule has 4 N–H and O–H groups in total. The van der Waals surface area contributed by atoms with Crippen molar-refractivity contribution in [3.05, 3.63) is 58.6 Å². The molecular weight excluding hydrogens is 484 g/mol. The number of oxazole rings is 1. The van der Waals surface area contributed by atoms with E-state index in [0.717, 1.165) is 21.5 Å². The van der Waals surface area contributed by atoms with E-state index in [1.54, 1.807) is 33.9 Å². The highest BCUT2D eigenvalue weighted by molar-refractivity contribution is 8.03. The van der Waals surface area contributed by atoms with Crippen molar-refractivity contribution in [3.8, 4) is 0 Å². The molecule has 184 valence electrons. The number of carbonyl (C=O) groups is 3. The Kier molecular flexibility index (Phi) is 5.92. The second-order valence-corrected chi connectivity index (χ2v) is 9.43. The lowest BCUT2D eigenvalue weighted by Crippen LogP contribution is -2.39. The first kappa shape index (κ1) is 23.5. The highest BCUT2D eigenvalue weighted by atomic mass is 32.2. The number of carboxylic acids is 2. The van der Waals surface area contributed by atoms with Crippen LogP contribution in [0.2, 0.25) is 0 Å². The summed E-state index contributed by atoms with van der Waals surface area (Å²) in [5.41, 5.74) is 4.62. The topological polar surface area (TPSA) is 144 Å². The Hall–Kier alpha value is -4.25. The molecule has 1 aliphatic rings. The molecule has 5 rings (SSSR count). The van der Waals surface area contributed by atoms with Gasteiger partial charge in [0.15, 0.2) is 17.8 Å². The molecular formula is C25H23N4O6S+. The summed E-state index contributed by atoms with van der Waals surface area (Å²) < 4.78 is 7.64. The van der Waals surface area contributed by atoms with E-state index in [4.69, 9.17) is 4.42 Å². The van der Waals surface area contributed by atoms with Gasteiger partial charge in [-0.15, -0.1) is 0 Å². The number of hydrogen-bond acceptors (Lipinski definition) is 6. The molecule has 11 heteroatoms. The smallest absolute Gasteiger partial charge is 0.346 e. The summed E-state index contributed by atoms with van der Waals surface area (Å²) >= 11 is 1.41. The number of aromatic nitrogens is 3. The van der Waals surface area contributed by atoms with Crippen LogP contribution < -0.4 is 9.47 Å². The van der Waals surface area contributed by atoms with Crippen LogP contribution in [0.25, 0.3) is 28.3 Å². The number of Topliss-reactive ketones (excluding diaryl/α,β-unsaturated/α-hetero) is 1. The van der Waals surface area contributed by atoms with Crippen molar-refractivity contribution in [1.82, 2.24) is 9.97 Å². The second-order valence-electron chi connectivity index (χ2n) is 8.37. The minimum absolute atomic E-state index is 0.0997. The molecule has 0 fully saturated rings. The Morgan fingerprint density at radius 3 is 2.69 bits per heavy atom. The average molecular weight is 508 g/mol. The molecule has 0 bridgehead atoms. The molecule has 0 unspecified atom stereocenters. The Morgan fingerprint density at radius 2 is 2.00 bits per heavy atom. The van der Waals surface area contributed by atoms with Crippen molar-refractivity contribution in [1.29, 1.82) is 0 Å². The highest BCUT2D eigenvalue weighted by Gasteiger charge is 2.29. The summed E-state index contributed by atoms with van der Waals surface area (Å²) in [6.45, 7) is 2.86. The Bertz CT molecular complexity index is 1610. The summed E-state index contributed by atoms with van der Waals surface area (Å²) in [5.74, 6) is -1.76. The van der Waals surface area contributed by atoms with Gasteiger partial charge in [-0.2, -0.15) is 4.57 Å². The van der Waals surface area contributed by atoms with Crippen LogP contribution in [0, 0.1) is 0 Å².